The van der Waals surface area contributed by atoms with Gasteiger partial charge in [0.25, 0.3) is 0 Å². The first kappa shape index (κ1) is 20.3. The molecule has 1 saturated heterocycles. The van der Waals surface area contributed by atoms with Crippen molar-refractivity contribution in [2.24, 2.45) is 0 Å². The number of halogens is 1. The van der Waals surface area contributed by atoms with E-state index in [1.807, 2.05) is 48.6 Å². The normalized spacial score (nSPS) is 15.0. The summed E-state index contributed by atoms with van der Waals surface area (Å²) in [6.07, 6.45) is 5.39. The maximum absolute atomic E-state index is 14.6. The maximum atomic E-state index is 14.6. The van der Waals surface area contributed by atoms with Crippen molar-refractivity contribution in [2.75, 3.05) is 32.0 Å². The topological polar surface area (TPSA) is 93.0 Å². The lowest BCUT2D eigenvalue weighted by atomic mass is 10.1. The first-order valence-corrected chi connectivity index (χ1v) is 10.5. The molecule has 7 nitrogen and oxygen atoms in total. The highest BCUT2D eigenvalue weighted by Crippen LogP contribution is 2.25. The van der Waals surface area contributed by atoms with Crippen molar-refractivity contribution in [3.63, 3.8) is 0 Å². The molecular weight excluding hydrogens is 407 g/mol. The van der Waals surface area contributed by atoms with E-state index in [1.165, 1.54) is 0 Å². The second kappa shape index (κ2) is 8.86. The van der Waals surface area contributed by atoms with E-state index in [0.29, 0.717) is 25.3 Å². The molecule has 0 atom stereocenters. The molecule has 1 aliphatic heterocycles. The fraction of sp³-hybridized carbons (Fsp3) is 0.208. The Balaban J connectivity index is 1.33. The fourth-order valence-electron chi connectivity index (χ4n) is 3.83. The van der Waals surface area contributed by atoms with Crippen molar-refractivity contribution in [3.8, 4) is 11.3 Å². The number of rotatable bonds is 5. The van der Waals surface area contributed by atoms with Crippen molar-refractivity contribution in [1.29, 1.82) is 0 Å². The summed E-state index contributed by atoms with van der Waals surface area (Å²) < 4.78 is 20.0. The standard InChI is InChI=1S/C24H23FN6O/c25-20-13-16(1-3-18(20)15-31-9-11-32-12-10-31)2-6-22-19-5-4-17(14-23(19)30-29-22)21-7-8-27-24(26)28-21/h1-8,13-14H,9-12,15H2,(H,29,30)(H2,26,27,28). The van der Waals surface area contributed by atoms with Gasteiger partial charge in [0.15, 0.2) is 0 Å². The summed E-state index contributed by atoms with van der Waals surface area (Å²) in [7, 11) is 0. The smallest absolute Gasteiger partial charge is 0.220 e. The number of anilines is 1. The Bertz CT molecular complexity index is 1280. The number of fused-ring (bicyclic) bond motifs is 1. The molecule has 4 aromatic rings. The van der Waals surface area contributed by atoms with Crippen LogP contribution in [0.2, 0.25) is 0 Å². The highest BCUT2D eigenvalue weighted by molar-refractivity contribution is 5.91. The van der Waals surface area contributed by atoms with Gasteiger partial charge in [-0.25, -0.2) is 14.4 Å². The van der Waals surface area contributed by atoms with Gasteiger partial charge < -0.3 is 10.5 Å². The molecule has 1 aliphatic rings. The van der Waals surface area contributed by atoms with Gasteiger partial charge in [0.05, 0.1) is 30.1 Å². The summed E-state index contributed by atoms with van der Waals surface area (Å²) >= 11 is 0. The molecule has 1 fully saturated rings. The molecule has 0 bridgehead atoms. The Hall–Kier alpha value is -3.62. The van der Waals surface area contributed by atoms with Crippen LogP contribution < -0.4 is 5.73 Å². The van der Waals surface area contributed by atoms with Gasteiger partial charge in [-0.2, -0.15) is 5.10 Å². The van der Waals surface area contributed by atoms with Gasteiger partial charge in [0.2, 0.25) is 5.95 Å². The molecular formula is C24H23FN6O. The van der Waals surface area contributed by atoms with Crippen LogP contribution in [0.1, 0.15) is 16.8 Å². The van der Waals surface area contributed by atoms with Gasteiger partial charge in [-0.05, 0) is 35.9 Å². The Kier molecular flexibility index (Phi) is 5.62. The average molecular weight is 430 g/mol. The van der Waals surface area contributed by atoms with E-state index in [2.05, 4.69) is 25.1 Å². The molecule has 0 saturated carbocycles. The predicted octanol–water partition coefficient (Wildman–Crippen LogP) is 3.74. The van der Waals surface area contributed by atoms with Gasteiger partial charge >= 0.3 is 0 Å². The van der Waals surface area contributed by atoms with Gasteiger partial charge in [-0.1, -0.05) is 24.3 Å². The van der Waals surface area contributed by atoms with Crippen LogP contribution in [0, 0.1) is 5.82 Å². The molecule has 8 heteroatoms. The number of nitrogens with two attached hydrogens (primary N) is 1. The molecule has 2 aromatic carbocycles. The van der Waals surface area contributed by atoms with Crippen LogP contribution in [-0.4, -0.2) is 51.4 Å². The quantitative estimate of drug-likeness (QED) is 0.501. The van der Waals surface area contributed by atoms with E-state index in [-0.39, 0.29) is 11.8 Å². The van der Waals surface area contributed by atoms with Crippen molar-refractivity contribution in [2.45, 2.75) is 6.54 Å². The minimum atomic E-state index is -0.195. The third kappa shape index (κ3) is 4.37. The van der Waals surface area contributed by atoms with Crippen molar-refractivity contribution < 1.29 is 9.13 Å². The number of ether oxygens (including phenoxy) is 1. The molecule has 162 valence electrons. The third-order valence-electron chi connectivity index (χ3n) is 5.57. The van der Waals surface area contributed by atoms with Gasteiger partial charge in [-0.3, -0.25) is 10.00 Å². The number of aromatic amines is 1. The van der Waals surface area contributed by atoms with E-state index >= 15 is 0 Å². The lowest BCUT2D eigenvalue weighted by molar-refractivity contribution is 0.0337. The molecule has 3 N–H and O–H groups in total. The largest absolute Gasteiger partial charge is 0.379 e. The number of hydrogen-bond acceptors (Lipinski definition) is 6. The molecule has 32 heavy (non-hydrogen) atoms. The zero-order valence-electron chi connectivity index (χ0n) is 17.5. The van der Waals surface area contributed by atoms with Crippen molar-refractivity contribution in [3.05, 3.63) is 71.3 Å². The summed E-state index contributed by atoms with van der Waals surface area (Å²) in [5.74, 6) is 0.0401. The Labute approximate surface area is 184 Å². The van der Waals surface area contributed by atoms with Crippen LogP contribution in [0.15, 0.2) is 48.7 Å². The monoisotopic (exact) mass is 430 g/mol. The third-order valence-corrected chi connectivity index (χ3v) is 5.57. The van der Waals surface area contributed by atoms with Crippen LogP contribution >= 0.6 is 0 Å². The van der Waals surface area contributed by atoms with Crippen LogP contribution in [0.25, 0.3) is 34.3 Å². The highest BCUT2D eigenvalue weighted by atomic mass is 19.1. The van der Waals surface area contributed by atoms with Gasteiger partial charge in [0, 0.05) is 42.3 Å². The molecule has 2 aromatic heterocycles. The van der Waals surface area contributed by atoms with Crippen molar-refractivity contribution in [1.82, 2.24) is 25.1 Å². The second-order valence-electron chi connectivity index (χ2n) is 7.74. The van der Waals surface area contributed by atoms with Crippen LogP contribution in [0.3, 0.4) is 0 Å². The molecule has 0 radical (unpaired) electrons. The number of hydrogen-bond donors (Lipinski definition) is 2. The van der Waals surface area contributed by atoms with E-state index in [0.717, 1.165) is 46.5 Å². The number of aromatic nitrogens is 4. The lowest BCUT2D eigenvalue weighted by Crippen LogP contribution is -2.35. The molecule has 5 rings (SSSR count). The molecule has 0 unspecified atom stereocenters. The van der Waals surface area contributed by atoms with Crippen LogP contribution in [0.5, 0.6) is 0 Å². The number of nitrogen functional groups attached to an aromatic ring is 1. The Morgan fingerprint density at radius 1 is 1.09 bits per heavy atom. The zero-order valence-corrected chi connectivity index (χ0v) is 17.5. The van der Waals surface area contributed by atoms with E-state index in [4.69, 9.17) is 10.5 Å². The summed E-state index contributed by atoms with van der Waals surface area (Å²) in [5.41, 5.74) is 10.5. The summed E-state index contributed by atoms with van der Waals surface area (Å²) in [6.45, 7) is 3.67. The summed E-state index contributed by atoms with van der Waals surface area (Å²) in [6, 6.07) is 13.1. The first-order valence-electron chi connectivity index (χ1n) is 10.5. The van der Waals surface area contributed by atoms with E-state index < -0.39 is 0 Å². The summed E-state index contributed by atoms with van der Waals surface area (Å²) in [4.78, 5) is 10.4. The average Bonchev–Trinajstić information content (AvgIpc) is 3.22. The molecule has 0 amide bonds. The number of nitrogens with zero attached hydrogens (tertiary/aromatic N) is 4. The van der Waals surface area contributed by atoms with Crippen molar-refractivity contribution >= 4 is 29.0 Å². The second-order valence-corrected chi connectivity index (χ2v) is 7.74. The molecule has 3 heterocycles. The van der Waals surface area contributed by atoms with Gasteiger partial charge in [-0.15, -0.1) is 0 Å². The lowest BCUT2D eigenvalue weighted by Gasteiger charge is -2.26. The predicted molar refractivity (Wildman–Crippen MR) is 123 cm³/mol. The number of morpholine rings is 1. The Morgan fingerprint density at radius 3 is 2.78 bits per heavy atom. The van der Waals surface area contributed by atoms with Gasteiger partial charge in [0.1, 0.15) is 5.82 Å². The first-order chi connectivity index (χ1) is 15.7. The minimum absolute atomic E-state index is 0.195. The number of H-pyrrole nitrogens is 1. The summed E-state index contributed by atoms with van der Waals surface area (Å²) in [5, 5.41) is 8.42. The number of nitrogens with one attached hydrogen (secondary N) is 1. The maximum Gasteiger partial charge on any atom is 0.220 e. The SMILES string of the molecule is Nc1nccc(-c2ccc3c(C=Cc4ccc(CN5CCOCC5)c(F)c4)n[nH]c3c2)n1. The van der Waals surface area contributed by atoms with Crippen LogP contribution in [0.4, 0.5) is 10.3 Å². The highest BCUT2D eigenvalue weighted by Gasteiger charge is 2.13. The number of benzene rings is 2. The van der Waals surface area contributed by atoms with E-state index in [9.17, 15) is 4.39 Å². The zero-order chi connectivity index (χ0) is 21.9. The minimum Gasteiger partial charge on any atom is -0.379 e. The van der Waals surface area contributed by atoms with Crippen LogP contribution in [-0.2, 0) is 11.3 Å². The molecule has 0 spiro atoms. The fourth-order valence-corrected chi connectivity index (χ4v) is 3.83. The Morgan fingerprint density at radius 2 is 1.97 bits per heavy atom. The van der Waals surface area contributed by atoms with E-state index in [1.54, 1.807) is 12.3 Å². The molecule has 0 aliphatic carbocycles.